The molecule has 0 aliphatic rings. The van der Waals surface area contributed by atoms with E-state index in [0.717, 1.165) is 76.8 Å². The second kappa shape index (κ2) is 10.4. The summed E-state index contributed by atoms with van der Waals surface area (Å²) in [6.07, 6.45) is 0. The zero-order valence-corrected chi connectivity index (χ0v) is 25.5. The molecule has 0 saturated heterocycles. The van der Waals surface area contributed by atoms with E-state index in [2.05, 4.69) is 42.5 Å². The Morgan fingerprint density at radius 2 is 0.917 bits per heavy atom. The van der Waals surface area contributed by atoms with E-state index in [1.54, 1.807) is 0 Å². The first-order chi connectivity index (χ1) is 23.8. The molecule has 48 heavy (non-hydrogen) atoms. The topological polar surface area (TPSA) is 77.8 Å². The highest BCUT2D eigenvalue weighted by Gasteiger charge is 2.20. The van der Waals surface area contributed by atoms with Gasteiger partial charge in [-0.3, -0.25) is 0 Å². The van der Waals surface area contributed by atoms with Gasteiger partial charge in [0.05, 0.1) is 5.39 Å². The summed E-state index contributed by atoms with van der Waals surface area (Å²) in [5.74, 6) is 2.49. The van der Waals surface area contributed by atoms with E-state index in [1.807, 2.05) is 103 Å². The minimum Gasteiger partial charge on any atom is -0.455 e. The van der Waals surface area contributed by atoms with Gasteiger partial charge in [-0.25, -0.2) is 19.9 Å². The second-order valence-corrected chi connectivity index (χ2v) is 11.8. The zero-order valence-electron chi connectivity index (χ0n) is 25.5. The van der Waals surface area contributed by atoms with E-state index < -0.39 is 0 Å². The van der Waals surface area contributed by atoms with Crippen LogP contribution in [0.25, 0.3) is 100 Å². The van der Waals surface area contributed by atoms with Crippen molar-refractivity contribution >= 4 is 54.6 Å². The largest absolute Gasteiger partial charge is 0.455 e. The summed E-state index contributed by atoms with van der Waals surface area (Å²) in [5, 5.41) is 6.21. The summed E-state index contributed by atoms with van der Waals surface area (Å²) in [7, 11) is 0. The van der Waals surface area contributed by atoms with Gasteiger partial charge in [-0.15, -0.1) is 0 Å². The molecule has 0 atom stereocenters. The van der Waals surface area contributed by atoms with Crippen LogP contribution in [0, 0.1) is 0 Å². The molecule has 0 fully saturated rings. The van der Waals surface area contributed by atoms with Crippen molar-refractivity contribution in [1.29, 1.82) is 0 Å². The number of fused-ring (bicyclic) bond motifs is 9. The standard InChI is InChI=1S/C42H24N4O2/c1-4-11-25(12-5-1)39-44-40(26-13-6-2-7-14-26)46-41(45-39)32-18-10-17-28-29-20-22-33-36-34(47-38(33)31(29)21-19-30(28)32)23-24-35-37(36)43-42(48-35)27-15-8-3-9-16-27/h1-24H. The Bertz CT molecular complexity index is 2770. The van der Waals surface area contributed by atoms with Crippen LogP contribution < -0.4 is 0 Å². The Hall–Kier alpha value is -6.66. The smallest absolute Gasteiger partial charge is 0.227 e. The van der Waals surface area contributed by atoms with Crippen molar-refractivity contribution in [3.8, 4) is 45.6 Å². The first-order valence-corrected chi connectivity index (χ1v) is 15.8. The van der Waals surface area contributed by atoms with Crippen LogP contribution in [-0.4, -0.2) is 19.9 Å². The summed E-state index contributed by atoms with van der Waals surface area (Å²) in [6.45, 7) is 0. The predicted octanol–water partition coefficient (Wildman–Crippen LogP) is 10.9. The number of benzene rings is 7. The van der Waals surface area contributed by atoms with Gasteiger partial charge in [0.25, 0.3) is 0 Å². The van der Waals surface area contributed by atoms with Gasteiger partial charge < -0.3 is 8.83 Å². The third-order valence-corrected chi connectivity index (χ3v) is 8.97. The fourth-order valence-electron chi connectivity index (χ4n) is 6.71. The van der Waals surface area contributed by atoms with Gasteiger partial charge in [-0.05, 0) is 52.6 Å². The number of rotatable bonds is 4. The monoisotopic (exact) mass is 616 g/mol. The summed E-state index contributed by atoms with van der Waals surface area (Å²) in [6, 6.07) is 48.9. The highest BCUT2D eigenvalue weighted by atomic mass is 16.4. The minimum absolute atomic E-state index is 0.593. The Labute approximate surface area is 274 Å². The Kier molecular flexibility index (Phi) is 5.77. The SMILES string of the molecule is c1ccc(-c2nc(-c3ccccc3)nc(-c3cccc4c3ccc3c4ccc4c3oc3ccc5oc(-c6ccccc6)nc5c34)n2)cc1. The maximum absolute atomic E-state index is 6.57. The van der Waals surface area contributed by atoms with Gasteiger partial charge in [0.15, 0.2) is 23.1 Å². The van der Waals surface area contributed by atoms with E-state index in [1.165, 1.54) is 0 Å². The van der Waals surface area contributed by atoms with Crippen molar-refractivity contribution in [1.82, 2.24) is 19.9 Å². The van der Waals surface area contributed by atoms with Gasteiger partial charge in [-0.2, -0.15) is 0 Å². The van der Waals surface area contributed by atoms with Crippen molar-refractivity contribution in [3.05, 3.63) is 146 Å². The van der Waals surface area contributed by atoms with Crippen LogP contribution in [0.3, 0.4) is 0 Å². The lowest BCUT2D eigenvalue weighted by atomic mass is 9.96. The molecule has 7 aromatic carbocycles. The van der Waals surface area contributed by atoms with Crippen LogP contribution in [-0.2, 0) is 0 Å². The van der Waals surface area contributed by atoms with Crippen molar-refractivity contribution in [2.75, 3.05) is 0 Å². The van der Waals surface area contributed by atoms with Crippen LogP contribution in [0.4, 0.5) is 0 Å². The molecule has 0 amide bonds. The molecular weight excluding hydrogens is 592 g/mol. The van der Waals surface area contributed by atoms with E-state index in [9.17, 15) is 0 Å². The molecule has 0 saturated carbocycles. The summed E-state index contributed by atoms with van der Waals surface area (Å²) >= 11 is 0. The lowest BCUT2D eigenvalue weighted by molar-refractivity contribution is 0.619. The van der Waals surface area contributed by atoms with E-state index in [-0.39, 0.29) is 0 Å². The highest BCUT2D eigenvalue weighted by Crippen LogP contribution is 2.41. The lowest BCUT2D eigenvalue weighted by Gasteiger charge is -2.11. The molecule has 3 aromatic heterocycles. The van der Waals surface area contributed by atoms with E-state index in [4.69, 9.17) is 28.8 Å². The molecule has 0 bridgehead atoms. The molecule has 0 N–H and O–H groups in total. The van der Waals surface area contributed by atoms with E-state index >= 15 is 0 Å². The maximum atomic E-state index is 6.57. The van der Waals surface area contributed by atoms with Gasteiger partial charge >= 0.3 is 0 Å². The third kappa shape index (κ3) is 4.13. The first-order valence-electron chi connectivity index (χ1n) is 15.8. The Balaban J connectivity index is 1.17. The molecule has 0 spiro atoms. The molecule has 3 heterocycles. The number of hydrogen-bond donors (Lipinski definition) is 0. The molecule has 224 valence electrons. The Morgan fingerprint density at radius 3 is 1.62 bits per heavy atom. The van der Waals surface area contributed by atoms with Gasteiger partial charge in [0.1, 0.15) is 16.7 Å². The quantitative estimate of drug-likeness (QED) is 0.183. The number of nitrogens with zero attached hydrogens (tertiary/aromatic N) is 4. The van der Waals surface area contributed by atoms with Crippen LogP contribution in [0.15, 0.2) is 154 Å². The van der Waals surface area contributed by atoms with Crippen molar-refractivity contribution in [3.63, 3.8) is 0 Å². The average molecular weight is 617 g/mol. The molecule has 6 heteroatoms. The summed E-state index contributed by atoms with van der Waals surface area (Å²) < 4.78 is 12.8. The van der Waals surface area contributed by atoms with Crippen molar-refractivity contribution < 1.29 is 8.83 Å². The van der Waals surface area contributed by atoms with Crippen molar-refractivity contribution in [2.45, 2.75) is 0 Å². The second-order valence-electron chi connectivity index (χ2n) is 11.8. The van der Waals surface area contributed by atoms with Gasteiger partial charge in [0, 0.05) is 33.0 Å². The zero-order chi connectivity index (χ0) is 31.6. The molecule has 0 aliphatic heterocycles. The molecular formula is C42H24N4O2. The van der Waals surface area contributed by atoms with Gasteiger partial charge in [0.2, 0.25) is 5.89 Å². The van der Waals surface area contributed by atoms with Crippen LogP contribution in [0.2, 0.25) is 0 Å². The molecule has 6 nitrogen and oxygen atoms in total. The van der Waals surface area contributed by atoms with Crippen molar-refractivity contribution in [2.24, 2.45) is 0 Å². The average Bonchev–Trinajstić information content (AvgIpc) is 3.77. The van der Waals surface area contributed by atoms with Crippen LogP contribution >= 0.6 is 0 Å². The molecule has 0 unspecified atom stereocenters. The number of furan rings is 1. The van der Waals surface area contributed by atoms with E-state index in [0.29, 0.717) is 23.4 Å². The van der Waals surface area contributed by atoms with Crippen LogP contribution in [0.5, 0.6) is 0 Å². The molecule has 0 radical (unpaired) electrons. The molecule has 10 rings (SSSR count). The summed E-state index contributed by atoms with van der Waals surface area (Å²) in [5.41, 5.74) is 6.88. The lowest BCUT2D eigenvalue weighted by Crippen LogP contribution is -2.00. The minimum atomic E-state index is 0.593. The predicted molar refractivity (Wildman–Crippen MR) is 191 cm³/mol. The van der Waals surface area contributed by atoms with Gasteiger partial charge in [-0.1, -0.05) is 109 Å². The fraction of sp³-hybridized carbons (Fsp3) is 0. The fourth-order valence-corrected chi connectivity index (χ4v) is 6.71. The van der Waals surface area contributed by atoms with Crippen LogP contribution in [0.1, 0.15) is 0 Å². The summed E-state index contributed by atoms with van der Waals surface area (Å²) in [4.78, 5) is 19.8. The normalized spacial score (nSPS) is 11.8. The number of aromatic nitrogens is 4. The number of hydrogen-bond acceptors (Lipinski definition) is 6. The number of oxazole rings is 1. The Morgan fingerprint density at radius 1 is 0.354 bits per heavy atom. The maximum Gasteiger partial charge on any atom is 0.227 e. The third-order valence-electron chi connectivity index (χ3n) is 8.97. The molecule has 10 aromatic rings. The highest BCUT2D eigenvalue weighted by molar-refractivity contribution is 6.25. The molecule has 0 aliphatic carbocycles. The first kappa shape index (κ1) is 26.5.